The van der Waals surface area contributed by atoms with Crippen molar-refractivity contribution in [1.29, 1.82) is 0 Å². The SMILES string of the molecule is CSc1cc(N(CCC(O)CO)CCC(O)CO)ccc1N.O=S(=O)(O)O.[HH]. The predicted octanol–water partition coefficient (Wildman–Crippen LogP) is -0.123. The molecule has 0 heterocycles. The van der Waals surface area contributed by atoms with Gasteiger partial charge in [0.2, 0.25) is 0 Å². The van der Waals surface area contributed by atoms with Gasteiger partial charge in [-0.15, -0.1) is 11.8 Å². The largest absolute Gasteiger partial charge is 0.398 e. The number of rotatable bonds is 10. The topological polar surface area (TPSA) is 185 Å². The Balaban J connectivity index is 0. The highest BCUT2D eigenvalue weighted by Crippen LogP contribution is 2.28. The van der Waals surface area contributed by atoms with Gasteiger partial charge in [0, 0.05) is 30.8 Å². The normalized spacial score (nSPS) is 13.4. The lowest BCUT2D eigenvalue weighted by Crippen LogP contribution is -2.31. The third-order valence-corrected chi connectivity index (χ3v) is 4.26. The number of aliphatic hydroxyl groups is 4. The number of benzene rings is 1. The van der Waals surface area contributed by atoms with E-state index in [1.807, 2.05) is 29.4 Å². The van der Waals surface area contributed by atoms with Crippen molar-refractivity contribution < 1.29 is 39.4 Å². The van der Waals surface area contributed by atoms with Gasteiger partial charge in [-0.2, -0.15) is 8.42 Å². The van der Waals surface area contributed by atoms with Crippen molar-refractivity contribution in [2.24, 2.45) is 0 Å². The maximum atomic E-state index is 9.53. The van der Waals surface area contributed by atoms with Crippen LogP contribution in [0, 0.1) is 0 Å². The second-order valence-electron chi connectivity index (χ2n) is 5.61. The number of aliphatic hydroxyl groups excluding tert-OH is 4. The molecule has 0 saturated heterocycles. The van der Waals surface area contributed by atoms with Crippen LogP contribution >= 0.6 is 11.8 Å². The highest BCUT2D eigenvalue weighted by Gasteiger charge is 2.13. The van der Waals surface area contributed by atoms with Crippen LogP contribution < -0.4 is 10.6 Å². The Hall–Kier alpha value is -1.12. The van der Waals surface area contributed by atoms with E-state index in [2.05, 4.69) is 0 Å². The van der Waals surface area contributed by atoms with Crippen LogP contribution in [0.1, 0.15) is 14.3 Å². The first-order valence-electron chi connectivity index (χ1n) is 7.98. The molecule has 1 aromatic rings. The van der Waals surface area contributed by atoms with Crippen molar-refractivity contribution in [3.05, 3.63) is 18.2 Å². The van der Waals surface area contributed by atoms with Crippen molar-refractivity contribution in [3.63, 3.8) is 0 Å². The van der Waals surface area contributed by atoms with Gasteiger partial charge in [-0.3, -0.25) is 9.11 Å². The fourth-order valence-electron chi connectivity index (χ4n) is 2.06. The average molecular weight is 431 g/mol. The van der Waals surface area contributed by atoms with E-state index in [0.717, 1.165) is 10.6 Å². The quantitative estimate of drug-likeness (QED) is 0.149. The van der Waals surface area contributed by atoms with Crippen LogP contribution in [0.2, 0.25) is 0 Å². The zero-order valence-corrected chi connectivity index (χ0v) is 16.6. The molecule has 0 aromatic heterocycles. The van der Waals surface area contributed by atoms with Crippen LogP contribution in [0.5, 0.6) is 0 Å². The molecule has 10 nitrogen and oxygen atoms in total. The second kappa shape index (κ2) is 13.1. The minimum absolute atomic E-state index is 0. The van der Waals surface area contributed by atoms with Gasteiger partial charge in [-0.1, -0.05) is 0 Å². The summed E-state index contributed by atoms with van der Waals surface area (Å²) in [5.74, 6) is 0. The van der Waals surface area contributed by atoms with Crippen LogP contribution in [0.3, 0.4) is 0 Å². The van der Waals surface area contributed by atoms with Crippen molar-refractivity contribution >= 4 is 33.5 Å². The Morgan fingerprint density at radius 1 is 1.11 bits per heavy atom. The smallest absolute Gasteiger partial charge is 0.394 e. The number of nitrogens with two attached hydrogens (primary N) is 1. The third-order valence-electron chi connectivity index (χ3n) is 3.47. The number of hydrogen-bond donors (Lipinski definition) is 7. The summed E-state index contributed by atoms with van der Waals surface area (Å²) >= 11 is 1.55. The van der Waals surface area contributed by atoms with E-state index in [0.29, 0.717) is 31.6 Å². The van der Waals surface area contributed by atoms with Crippen LogP contribution in [0.4, 0.5) is 11.4 Å². The number of thioether (sulfide) groups is 1. The number of hydrogen-bond acceptors (Lipinski definition) is 9. The minimum atomic E-state index is -4.67. The van der Waals surface area contributed by atoms with Crippen LogP contribution in [0.25, 0.3) is 0 Å². The predicted molar refractivity (Wildman–Crippen MR) is 107 cm³/mol. The third kappa shape index (κ3) is 12.8. The lowest BCUT2D eigenvalue weighted by molar-refractivity contribution is 0.0854. The molecule has 0 aliphatic carbocycles. The molecule has 2 atom stereocenters. The van der Waals surface area contributed by atoms with Crippen LogP contribution in [-0.2, 0) is 10.4 Å². The molecule has 160 valence electrons. The Morgan fingerprint density at radius 3 is 1.93 bits per heavy atom. The first-order valence-corrected chi connectivity index (χ1v) is 10.6. The molecule has 0 fully saturated rings. The molecular formula is C15H30N2O8S2. The molecule has 0 aliphatic rings. The number of nitrogen functional groups attached to an aromatic ring is 1. The standard InChI is InChI=1S/C15H26N2O4S.H2O4S.H2/c1-22-15-8-11(2-3-14(15)16)17(6-4-12(20)9-18)7-5-13(21)10-19;1-5(2,3)4;/h2-3,8,12-13,18-21H,4-7,9-10,16H2,1H3;(H2,1,2,3,4);1H. The van der Waals surface area contributed by atoms with E-state index in [9.17, 15) is 10.2 Å². The van der Waals surface area contributed by atoms with E-state index >= 15 is 0 Å². The Labute approximate surface area is 164 Å². The molecule has 0 saturated carbocycles. The molecule has 0 aliphatic heterocycles. The molecule has 27 heavy (non-hydrogen) atoms. The van der Waals surface area contributed by atoms with E-state index in [1.165, 1.54) is 0 Å². The highest BCUT2D eigenvalue weighted by molar-refractivity contribution is 7.98. The van der Waals surface area contributed by atoms with Gasteiger partial charge in [0.1, 0.15) is 0 Å². The molecule has 0 bridgehead atoms. The van der Waals surface area contributed by atoms with E-state index < -0.39 is 22.6 Å². The summed E-state index contributed by atoms with van der Waals surface area (Å²) in [6, 6.07) is 5.70. The zero-order valence-electron chi connectivity index (χ0n) is 15.0. The maximum Gasteiger partial charge on any atom is 0.394 e. The minimum Gasteiger partial charge on any atom is -0.398 e. The molecular weight excluding hydrogens is 400 g/mol. The van der Waals surface area contributed by atoms with Gasteiger partial charge in [0.25, 0.3) is 0 Å². The summed E-state index contributed by atoms with van der Waals surface area (Å²) in [6.45, 7) is 0.533. The van der Waals surface area contributed by atoms with E-state index in [1.54, 1.807) is 11.8 Å². The van der Waals surface area contributed by atoms with Gasteiger partial charge in [-0.25, -0.2) is 0 Å². The molecule has 0 radical (unpaired) electrons. The summed E-state index contributed by atoms with van der Waals surface area (Å²) in [5.41, 5.74) is 7.55. The molecule has 0 spiro atoms. The fourth-order valence-corrected chi connectivity index (χ4v) is 2.60. The van der Waals surface area contributed by atoms with Gasteiger partial charge >= 0.3 is 10.4 Å². The fraction of sp³-hybridized carbons (Fsp3) is 0.600. The van der Waals surface area contributed by atoms with Gasteiger partial charge in [0.05, 0.1) is 25.4 Å². The monoisotopic (exact) mass is 430 g/mol. The maximum absolute atomic E-state index is 9.53. The lowest BCUT2D eigenvalue weighted by atomic mass is 10.2. The van der Waals surface area contributed by atoms with E-state index in [4.69, 9.17) is 33.5 Å². The first kappa shape index (κ1) is 25.9. The van der Waals surface area contributed by atoms with Gasteiger partial charge < -0.3 is 31.1 Å². The summed E-state index contributed by atoms with van der Waals surface area (Å²) in [5, 5.41) is 36.9. The summed E-state index contributed by atoms with van der Waals surface area (Å²) in [4.78, 5) is 2.98. The second-order valence-corrected chi connectivity index (χ2v) is 7.36. The van der Waals surface area contributed by atoms with Crippen LogP contribution in [-0.4, -0.2) is 82.7 Å². The summed E-state index contributed by atoms with van der Waals surface area (Å²) in [6.07, 6.45) is 1.26. The molecule has 2 unspecified atom stereocenters. The summed E-state index contributed by atoms with van der Waals surface area (Å²) in [7, 11) is -4.67. The van der Waals surface area contributed by atoms with Crippen molar-refractivity contribution in [3.8, 4) is 0 Å². The highest BCUT2D eigenvalue weighted by atomic mass is 32.3. The van der Waals surface area contributed by atoms with Crippen molar-refractivity contribution in [2.45, 2.75) is 29.9 Å². The van der Waals surface area contributed by atoms with Crippen molar-refractivity contribution in [1.82, 2.24) is 0 Å². The molecule has 12 heteroatoms. The molecule has 1 rings (SSSR count). The van der Waals surface area contributed by atoms with Crippen molar-refractivity contribution in [2.75, 3.05) is 43.2 Å². The van der Waals surface area contributed by atoms with Crippen LogP contribution in [0.15, 0.2) is 23.1 Å². The molecule has 1 aromatic carbocycles. The Kier molecular flexibility index (Phi) is 12.6. The Morgan fingerprint density at radius 2 is 1.56 bits per heavy atom. The number of anilines is 2. The average Bonchev–Trinajstić information content (AvgIpc) is 2.60. The molecule has 8 N–H and O–H groups in total. The van der Waals surface area contributed by atoms with Gasteiger partial charge in [-0.05, 0) is 37.3 Å². The van der Waals surface area contributed by atoms with E-state index in [-0.39, 0.29) is 14.6 Å². The van der Waals surface area contributed by atoms with Gasteiger partial charge in [0.15, 0.2) is 0 Å². The Bertz CT molecular complexity index is 629. The lowest BCUT2D eigenvalue weighted by Gasteiger charge is -2.27. The first-order chi connectivity index (χ1) is 12.5. The number of nitrogens with zero attached hydrogens (tertiary/aromatic N) is 1. The zero-order chi connectivity index (χ0) is 21.0. The molecule has 0 amide bonds. The summed E-state index contributed by atoms with van der Waals surface area (Å²) < 4.78 is 31.6.